The lowest BCUT2D eigenvalue weighted by atomic mass is 9.70. The number of carbonyl (C=O) groups is 3. The lowest BCUT2D eigenvalue weighted by Gasteiger charge is -2.35. The Morgan fingerprint density at radius 3 is 2.60 bits per heavy atom. The van der Waals surface area contributed by atoms with Gasteiger partial charge in [0.2, 0.25) is 17.7 Å². The van der Waals surface area contributed by atoms with Gasteiger partial charge in [-0.1, -0.05) is 66.0 Å². The number of alkyl halides is 1. The van der Waals surface area contributed by atoms with Crippen molar-refractivity contribution in [2.75, 3.05) is 19.7 Å². The van der Waals surface area contributed by atoms with E-state index in [-0.39, 0.29) is 34.4 Å². The second-order valence-electron chi connectivity index (χ2n) is 9.83. The topological polar surface area (TPSA) is 98.7 Å². The number of amides is 3. The molecule has 35 heavy (non-hydrogen) atoms. The van der Waals surface area contributed by atoms with Gasteiger partial charge in [0, 0.05) is 36.3 Å². The van der Waals surface area contributed by atoms with Gasteiger partial charge >= 0.3 is 0 Å². The summed E-state index contributed by atoms with van der Waals surface area (Å²) in [4.78, 5) is 42.7. The standard InChI is InChI=1S/C26H36BrN3O4S/c1-2-12-28-23(32)19-20-25(34)30(13-8-3-4-9-14-31)22(26(20)15-18(27)21(19)35-26)24(33)29-16-17-10-6-5-7-11-17/h5-7,10-11,18-22,31H,2-4,8-9,12-16H2,1H3,(H,28,32)(H,29,33)/t18?,19-,20+,21-,22?,26?/m1/s1. The highest BCUT2D eigenvalue weighted by Gasteiger charge is 2.75. The zero-order valence-corrected chi connectivity index (χ0v) is 22.7. The number of rotatable bonds is 12. The number of aliphatic hydroxyl groups is 1. The molecular weight excluding hydrogens is 530 g/mol. The van der Waals surface area contributed by atoms with E-state index in [9.17, 15) is 14.4 Å². The zero-order chi connectivity index (χ0) is 25.0. The molecule has 1 aromatic rings. The minimum atomic E-state index is -0.601. The van der Waals surface area contributed by atoms with E-state index in [4.69, 9.17) is 5.11 Å². The first-order valence-electron chi connectivity index (χ1n) is 12.8. The molecule has 6 atom stereocenters. The van der Waals surface area contributed by atoms with Crippen LogP contribution < -0.4 is 10.6 Å². The maximum absolute atomic E-state index is 13.9. The molecule has 1 spiro atoms. The van der Waals surface area contributed by atoms with Crippen LogP contribution in [0.3, 0.4) is 0 Å². The van der Waals surface area contributed by atoms with Crippen LogP contribution in [0, 0.1) is 11.8 Å². The Hall–Kier alpha value is -1.58. The molecule has 3 aliphatic rings. The summed E-state index contributed by atoms with van der Waals surface area (Å²) in [5, 5.41) is 15.2. The van der Waals surface area contributed by atoms with Gasteiger partial charge in [0.25, 0.3) is 0 Å². The lowest BCUT2D eigenvalue weighted by Crippen LogP contribution is -2.54. The average Bonchev–Trinajstić information content (AvgIpc) is 3.45. The van der Waals surface area contributed by atoms with Gasteiger partial charge in [-0.2, -0.15) is 0 Å². The predicted octanol–water partition coefficient (Wildman–Crippen LogP) is 2.85. The number of hydrogen-bond donors (Lipinski definition) is 3. The van der Waals surface area contributed by atoms with Gasteiger partial charge < -0.3 is 20.6 Å². The quantitative estimate of drug-likeness (QED) is 0.267. The molecule has 4 rings (SSSR count). The predicted molar refractivity (Wildman–Crippen MR) is 141 cm³/mol. The molecule has 3 heterocycles. The maximum atomic E-state index is 13.9. The molecule has 7 nitrogen and oxygen atoms in total. The highest BCUT2D eigenvalue weighted by molar-refractivity contribution is 9.09. The molecule has 3 saturated heterocycles. The fraction of sp³-hybridized carbons (Fsp3) is 0.654. The van der Waals surface area contributed by atoms with Crippen molar-refractivity contribution in [3.8, 4) is 0 Å². The number of fused-ring (bicyclic) bond motifs is 1. The van der Waals surface area contributed by atoms with Crippen molar-refractivity contribution in [2.24, 2.45) is 11.8 Å². The second-order valence-corrected chi connectivity index (χ2v) is 12.5. The van der Waals surface area contributed by atoms with E-state index < -0.39 is 22.6 Å². The van der Waals surface area contributed by atoms with Crippen LogP contribution >= 0.6 is 27.7 Å². The monoisotopic (exact) mass is 565 g/mol. The second kappa shape index (κ2) is 11.6. The van der Waals surface area contributed by atoms with Gasteiger partial charge in [0.1, 0.15) is 6.04 Å². The highest BCUT2D eigenvalue weighted by Crippen LogP contribution is 2.67. The minimum absolute atomic E-state index is 0.0167. The molecule has 9 heteroatoms. The molecular formula is C26H36BrN3O4S. The van der Waals surface area contributed by atoms with Gasteiger partial charge in [-0.05, 0) is 31.2 Å². The van der Waals surface area contributed by atoms with Crippen molar-refractivity contribution >= 4 is 45.4 Å². The Balaban J connectivity index is 1.58. The molecule has 0 radical (unpaired) electrons. The van der Waals surface area contributed by atoms with Gasteiger partial charge in [-0.3, -0.25) is 14.4 Å². The van der Waals surface area contributed by atoms with E-state index >= 15 is 0 Å². The van der Waals surface area contributed by atoms with E-state index in [1.54, 1.807) is 16.7 Å². The number of hydrogen-bond acceptors (Lipinski definition) is 5. The van der Waals surface area contributed by atoms with Crippen molar-refractivity contribution in [1.29, 1.82) is 0 Å². The van der Waals surface area contributed by atoms with Crippen molar-refractivity contribution in [1.82, 2.24) is 15.5 Å². The normalized spacial score (nSPS) is 31.0. The van der Waals surface area contributed by atoms with Gasteiger partial charge in [-0.15, -0.1) is 11.8 Å². The number of carbonyl (C=O) groups excluding carboxylic acids is 3. The molecule has 3 aliphatic heterocycles. The van der Waals surface area contributed by atoms with E-state index in [1.165, 1.54) is 0 Å². The van der Waals surface area contributed by atoms with Gasteiger partial charge in [0.15, 0.2) is 0 Å². The summed E-state index contributed by atoms with van der Waals surface area (Å²) in [6.07, 6.45) is 4.82. The van der Waals surface area contributed by atoms with Crippen molar-refractivity contribution in [3.63, 3.8) is 0 Å². The van der Waals surface area contributed by atoms with Crippen LogP contribution in [0.2, 0.25) is 0 Å². The zero-order valence-electron chi connectivity index (χ0n) is 20.2. The molecule has 1 aromatic carbocycles. The van der Waals surface area contributed by atoms with Crippen LogP contribution in [-0.2, 0) is 20.9 Å². The Labute approximate surface area is 220 Å². The molecule has 3 fully saturated rings. The first-order valence-corrected chi connectivity index (χ1v) is 14.6. The molecule has 0 saturated carbocycles. The van der Waals surface area contributed by atoms with Crippen molar-refractivity contribution in [2.45, 2.75) is 72.9 Å². The SMILES string of the molecule is CCCNC(=O)[C@H]1[C@@H]2SC3(CC2Br)C(C(=O)NCc2ccccc2)N(CCCCCCO)C(=O)[C@H]13. The third kappa shape index (κ3) is 5.14. The van der Waals surface area contributed by atoms with Crippen LogP contribution in [0.5, 0.6) is 0 Å². The van der Waals surface area contributed by atoms with Crippen LogP contribution in [0.1, 0.15) is 51.0 Å². The average molecular weight is 567 g/mol. The summed E-state index contributed by atoms with van der Waals surface area (Å²) >= 11 is 5.47. The number of nitrogens with one attached hydrogen (secondary N) is 2. The van der Waals surface area contributed by atoms with Crippen LogP contribution in [-0.4, -0.2) is 68.3 Å². The Morgan fingerprint density at radius 1 is 1.14 bits per heavy atom. The molecule has 2 bridgehead atoms. The first kappa shape index (κ1) is 26.5. The number of thioether (sulfide) groups is 1. The van der Waals surface area contributed by atoms with Crippen LogP contribution in [0.25, 0.3) is 0 Å². The third-order valence-corrected chi connectivity index (χ3v) is 10.7. The fourth-order valence-electron chi connectivity index (χ4n) is 5.97. The maximum Gasteiger partial charge on any atom is 0.244 e. The van der Waals surface area contributed by atoms with Crippen molar-refractivity contribution in [3.05, 3.63) is 35.9 Å². The van der Waals surface area contributed by atoms with Gasteiger partial charge in [-0.25, -0.2) is 0 Å². The summed E-state index contributed by atoms with van der Waals surface area (Å²) in [5.74, 6) is -1.17. The summed E-state index contributed by atoms with van der Waals surface area (Å²) < 4.78 is -0.601. The Morgan fingerprint density at radius 2 is 1.89 bits per heavy atom. The van der Waals surface area contributed by atoms with E-state index in [1.807, 2.05) is 37.3 Å². The Bertz CT molecular complexity index is 919. The fourth-order valence-corrected chi connectivity index (χ4v) is 9.58. The molecule has 192 valence electrons. The third-order valence-electron chi connectivity index (χ3n) is 7.51. The molecule has 0 aliphatic carbocycles. The number of unbranched alkanes of at least 4 members (excludes halogenated alkanes) is 3. The summed E-state index contributed by atoms with van der Waals surface area (Å²) in [6.45, 7) is 3.66. The number of aliphatic hydroxyl groups excluding tert-OH is 1. The molecule has 3 unspecified atom stereocenters. The number of nitrogens with zero attached hydrogens (tertiary/aromatic N) is 1. The van der Waals surface area contributed by atoms with E-state index in [2.05, 4.69) is 26.6 Å². The molecule has 3 amide bonds. The number of benzene rings is 1. The van der Waals surface area contributed by atoms with Crippen molar-refractivity contribution < 1.29 is 19.5 Å². The van der Waals surface area contributed by atoms with Crippen LogP contribution in [0.15, 0.2) is 30.3 Å². The lowest BCUT2D eigenvalue weighted by molar-refractivity contribution is -0.140. The summed E-state index contributed by atoms with van der Waals surface area (Å²) in [5.41, 5.74) is 1.01. The summed E-state index contributed by atoms with van der Waals surface area (Å²) in [7, 11) is 0. The smallest absolute Gasteiger partial charge is 0.244 e. The summed E-state index contributed by atoms with van der Waals surface area (Å²) in [6, 6.07) is 9.17. The number of likely N-dealkylation sites (tertiary alicyclic amines) is 1. The Kier molecular flexibility index (Phi) is 8.81. The van der Waals surface area contributed by atoms with E-state index in [0.717, 1.165) is 37.7 Å². The largest absolute Gasteiger partial charge is 0.396 e. The molecule has 3 N–H and O–H groups in total. The van der Waals surface area contributed by atoms with E-state index in [0.29, 0.717) is 26.1 Å². The minimum Gasteiger partial charge on any atom is -0.396 e. The van der Waals surface area contributed by atoms with Crippen LogP contribution in [0.4, 0.5) is 0 Å². The molecule has 0 aromatic heterocycles. The number of halogens is 1. The highest BCUT2D eigenvalue weighted by atomic mass is 79.9. The first-order chi connectivity index (χ1) is 16.9. The van der Waals surface area contributed by atoms with Gasteiger partial charge in [0.05, 0.1) is 16.6 Å².